The number of carboxylic acid groups (broad SMARTS) is 1. The third-order valence-corrected chi connectivity index (χ3v) is 4.83. The number of hydrogen-bond donors (Lipinski definition) is 2. The number of ether oxygens (including phenoxy) is 1. The number of halogens is 1. The normalized spacial score (nSPS) is 17.4. The van der Waals surface area contributed by atoms with Gasteiger partial charge in [-0.05, 0) is 47.0 Å². The van der Waals surface area contributed by atoms with Crippen molar-refractivity contribution in [2.45, 2.75) is 44.1 Å². The number of carbonyl (C=O) groups is 2. The molecule has 1 aliphatic carbocycles. The summed E-state index contributed by atoms with van der Waals surface area (Å²) in [4.78, 5) is 24.3. The lowest BCUT2D eigenvalue weighted by Gasteiger charge is -2.29. The lowest BCUT2D eigenvalue weighted by atomic mass is 9.90. The molecule has 1 amide bonds. The zero-order valence-electron chi connectivity index (χ0n) is 12.5. The average Bonchev–Trinajstić information content (AvgIpc) is 2.74. The SMILES string of the molecule is COc1ccc(Br)c(C(=O)NC2(C(=O)O)CCCCCC2)c1. The van der Waals surface area contributed by atoms with Gasteiger partial charge in [-0.1, -0.05) is 25.7 Å². The zero-order valence-corrected chi connectivity index (χ0v) is 14.1. The predicted molar refractivity (Wildman–Crippen MR) is 86.2 cm³/mol. The molecule has 1 fully saturated rings. The molecular formula is C16H20BrNO4. The molecule has 1 aromatic carbocycles. The van der Waals surface area contributed by atoms with Gasteiger partial charge in [0.05, 0.1) is 12.7 Å². The Morgan fingerprint density at radius 1 is 1.23 bits per heavy atom. The maximum Gasteiger partial charge on any atom is 0.329 e. The summed E-state index contributed by atoms with van der Waals surface area (Å²) in [6.07, 6.45) is 4.57. The smallest absolute Gasteiger partial charge is 0.329 e. The predicted octanol–water partition coefficient (Wildman–Crippen LogP) is 3.37. The third-order valence-electron chi connectivity index (χ3n) is 4.14. The molecule has 0 aromatic heterocycles. The molecule has 5 nitrogen and oxygen atoms in total. The molecule has 22 heavy (non-hydrogen) atoms. The minimum absolute atomic E-state index is 0.379. The van der Waals surface area contributed by atoms with Gasteiger partial charge in [-0.2, -0.15) is 0 Å². The largest absolute Gasteiger partial charge is 0.497 e. The van der Waals surface area contributed by atoms with Crippen LogP contribution in [0.4, 0.5) is 0 Å². The first kappa shape index (κ1) is 16.8. The molecule has 0 saturated heterocycles. The Balaban J connectivity index is 2.26. The van der Waals surface area contributed by atoms with Crippen molar-refractivity contribution in [2.75, 3.05) is 7.11 Å². The first-order valence-corrected chi connectivity index (χ1v) is 8.17. The Morgan fingerprint density at radius 2 is 1.86 bits per heavy atom. The van der Waals surface area contributed by atoms with Crippen molar-refractivity contribution in [1.82, 2.24) is 5.32 Å². The van der Waals surface area contributed by atoms with Crippen LogP contribution in [0, 0.1) is 0 Å². The van der Waals surface area contributed by atoms with Crippen molar-refractivity contribution >= 4 is 27.8 Å². The molecule has 1 aliphatic rings. The second-order valence-corrected chi connectivity index (χ2v) is 6.46. The molecule has 1 saturated carbocycles. The Morgan fingerprint density at radius 3 is 2.41 bits per heavy atom. The van der Waals surface area contributed by atoms with Gasteiger partial charge < -0.3 is 15.2 Å². The molecular weight excluding hydrogens is 350 g/mol. The summed E-state index contributed by atoms with van der Waals surface area (Å²) >= 11 is 3.33. The number of rotatable bonds is 4. The quantitative estimate of drug-likeness (QED) is 0.797. The summed E-state index contributed by atoms with van der Waals surface area (Å²) in [6.45, 7) is 0. The third kappa shape index (κ3) is 3.61. The lowest BCUT2D eigenvalue weighted by Crippen LogP contribution is -2.54. The topological polar surface area (TPSA) is 75.6 Å². The number of amides is 1. The molecule has 0 spiro atoms. The number of aliphatic carboxylic acids is 1. The van der Waals surface area contributed by atoms with Gasteiger partial charge in [0, 0.05) is 4.47 Å². The van der Waals surface area contributed by atoms with Crippen molar-refractivity contribution < 1.29 is 19.4 Å². The van der Waals surface area contributed by atoms with Gasteiger partial charge in [0.15, 0.2) is 0 Å². The molecule has 0 unspecified atom stereocenters. The summed E-state index contributed by atoms with van der Waals surface area (Å²) in [5, 5.41) is 12.4. The zero-order chi connectivity index (χ0) is 16.2. The highest BCUT2D eigenvalue weighted by Gasteiger charge is 2.40. The van der Waals surface area contributed by atoms with Crippen molar-refractivity contribution in [3.63, 3.8) is 0 Å². The van der Waals surface area contributed by atoms with Gasteiger partial charge in [0.25, 0.3) is 5.91 Å². The van der Waals surface area contributed by atoms with Crippen LogP contribution in [0.3, 0.4) is 0 Å². The number of carbonyl (C=O) groups excluding carboxylic acids is 1. The van der Waals surface area contributed by atoms with Crippen LogP contribution in [-0.2, 0) is 4.79 Å². The van der Waals surface area contributed by atoms with Gasteiger partial charge in [0.2, 0.25) is 0 Å². The van der Waals surface area contributed by atoms with Gasteiger partial charge in [-0.25, -0.2) is 4.79 Å². The fourth-order valence-corrected chi connectivity index (χ4v) is 3.24. The fraction of sp³-hybridized carbons (Fsp3) is 0.500. The van der Waals surface area contributed by atoms with Crippen molar-refractivity contribution in [1.29, 1.82) is 0 Å². The second kappa shape index (κ2) is 7.13. The van der Waals surface area contributed by atoms with Crippen LogP contribution < -0.4 is 10.1 Å². The van der Waals surface area contributed by atoms with E-state index in [2.05, 4.69) is 21.2 Å². The first-order chi connectivity index (χ1) is 10.5. The molecule has 2 N–H and O–H groups in total. The van der Waals surface area contributed by atoms with Crippen LogP contribution in [0.5, 0.6) is 5.75 Å². The van der Waals surface area contributed by atoms with Crippen LogP contribution in [0.2, 0.25) is 0 Å². The molecule has 0 radical (unpaired) electrons. The van der Waals surface area contributed by atoms with E-state index in [1.165, 1.54) is 7.11 Å². The van der Waals surface area contributed by atoms with E-state index in [9.17, 15) is 14.7 Å². The van der Waals surface area contributed by atoms with Crippen LogP contribution >= 0.6 is 15.9 Å². The summed E-state index contributed by atoms with van der Waals surface area (Å²) in [6, 6.07) is 5.05. The fourth-order valence-electron chi connectivity index (χ4n) is 2.81. The maximum atomic E-state index is 12.6. The van der Waals surface area contributed by atoms with E-state index in [4.69, 9.17) is 4.74 Å². The molecule has 6 heteroatoms. The highest BCUT2D eigenvalue weighted by Crippen LogP contribution is 2.29. The minimum Gasteiger partial charge on any atom is -0.497 e. The molecule has 120 valence electrons. The van der Waals surface area contributed by atoms with Crippen LogP contribution in [-0.4, -0.2) is 29.6 Å². The summed E-state index contributed by atoms with van der Waals surface area (Å²) < 4.78 is 5.74. The Kier molecular flexibility index (Phi) is 5.45. The highest BCUT2D eigenvalue weighted by atomic mass is 79.9. The van der Waals surface area contributed by atoms with Gasteiger partial charge in [-0.3, -0.25) is 4.79 Å². The molecule has 0 heterocycles. The van der Waals surface area contributed by atoms with Crippen molar-refractivity contribution in [2.24, 2.45) is 0 Å². The molecule has 0 bridgehead atoms. The molecule has 1 aromatic rings. The number of nitrogens with one attached hydrogen (secondary N) is 1. The van der Waals surface area contributed by atoms with Crippen LogP contribution in [0.1, 0.15) is 48.9 Å². The first-order valence-electron chi connectivity index (χ1n) is 7.38. The van der Waals surface area contributed by atoms with Crippen LogP contribution in [0.25, 0.3) is 0 Å². The standard InChI is InChI=1S/C16H20BrNO4/c1-22-11-6-7-13(17)12(10-11)14(19)18-16(15(20)21)8-4-2-3-5-9-16/h6-7,10H,2-5,8-9H2,1H3,(H,18,19)(H,20,21). The van der Waals surface area contributed by atoms with Crippen molar-refractivity contribution in [3.8, 4) is 5.75 Å². The summed E-state index contributed by atoms with van der Waals surface area (Å²) in [5.41, 5.74) is -0.792. The summed E-state index contributed by atoms with van der Waals surface area (Å²) in [5.74, 6) is -0.796. The highest BCUT2D eigenvalue weighted by molar-refractivity contribution is 9.10. The number of hydrogen-bond acceptors (Lipinski definition) is 3. The van der Waals surface area contributed by atoms with E-state index in [1.54, 1.807) is 18.2 Å². The van der Waals surface area contributed by atoms with Crippen molar-refractivity contribution in [3.05, 3.63) is 28.2 Å². The molecule has 2 rings (SSSR count). The Labute approximate surface area is 138 Å². The number of carboxylic acids is 1. The second-order valence-electron chi connectivity index (χ2n) is 5.60. The lowest BCUT2D eigenvalue weighted by molar-refractivity contribution is -0.145. The Bertz CT molecular complexity index is 565. The number of methoxy groups -OCH3 is 1. The van der Waals surface area contributed by atoms with E-state index in [-0.39, 0.29) is 0 Å². The van der Waals surface area contributed by atoms with Gasteiger partial charge >= 0.3 is 5.97 Å². The van der Waals surface area contributed by atoms with E-state index in [0.29, 0.717) is 28.6 Å². The molecule has 0 atom stereocenters. The number of benzene rings is 1. The van der Waals surface area contributed by atoms with E-state index >= 15 is 0 Å². The minimum atomic E-state index is -1.17. The van der Waals surface area contributed by atoms with E-state index in [1.807, 2.05) is 0 Å². The summed E-state index contributed by atoms with van der Waals surface area (Å²) in [7, 11) is 1.52. The van der Waals surface area contributed by atoms with Gasteiger partial charge in [0.1, 0.15) is 11.3 Å². The van der Waals surface area contributed by atoms with E-state index in [0.717, 1.165) is 25.7 Å². The monoisotopic (exact) mass is 369 g/mol. The van der Waals surface area contributed by atoms with E-state index < -0.39 is 17.4 Å². The molecule has 0 aliphatic heterocycles. The Hall–Kier alpha value is -1.56. The van der Waals surface area contributed by atoms with Crippen LogP contribution in [0.15, 0.2) is 22.7 Å². The average molecular weight is 370 g/mol. The van der Waals surface area contributed by atoms with Gasteiger partial charge in [-0.15, -0.1) is 0 Å². The maximum absolute atomic E-state index is 12.6.